The second kappa shape index (κ2) is 8.55. The van der Waals surface area contributed by atoms with E-state index in [1.54, 1.807) is 0 Å². The third kappa shape index (κ3) is 5.22. The molecule has 8 heteroatoms. The van der Waals surface area contributed by atoms with Crippen molar-refractivity contribution in [1.29, 1.82) is 0 Å². The fourth-order valence-electron chi connectivity index (χ4n) is 2.58. The van der Waals surface area contributed by atoms with Crippen molar-refractivity contribution in [3.63, 3.8) is 0 Å². The van der Waals surface area contributed by atoms with Crippen LogP contribution in [0.2, 0.25) is 0 Å². The molecule has 0 radical (unpaired) electrons. The second-order valence-electron chi connectivity index (χ2n) is 6.08. The summed E-state index contributed by atoms with van der Waals surface area (Å²) in [6, 6.07) is 7.75. The van der Waals surface area contributed by atoms with Gasteiger partial charge in [0.25, 0.3) is 0 Å². The van der Waals surface area contributed by atoms with Gasteiger partial charge in [-0.3, -0.25) is 14.4 Å². The standard InChI is InChI=1S/C18H22O7S/c1-11-5-7-15(8-6-11)26-17-16(24-13(3)20)18(10-23-17,25-14(4)21)9-22-12(2)19/h5-8,16-17H,9-10H2,1-4H3/t16-,17-,18+/m0/s1. The SMILES string of the molecule is CC(=O)OC[C@@]1(OC(C)=O)CO[C@@H](Sc2ccc(C)cc2)[C@@H]1OC(C)=O. The average molecular weight is 382 g/mol. The molecular weight excluding hydrogens is 360 g/mol. The number of carbonyl (C=O) groups is 3. The lowest BCUT2D eigenvalue weighted by Crippen LogP contribution is -2.52. The van der Waals surface area contributed by atoms with Crippen molar-refractivity contribution in [2.24, 2.45) is 0 Å². The number of ether oxygens (including phenoxy) is 4. The van der Waals surface area contributed by atoms with Crippen LogP contribution < -0.4 is 0 Å². The van der Waals surface area contributed by atoms with Gasteiger partial charge in [0.05, 0.1) is 6.61 Å². The number of hydrogen-bond acceptors (Lipinski definition) is 8. The predicted molar refractivity (Wildman–Crippen MR) is 93.5 cm³/mol. The first-order valence-corrected chi connectivity index (χ1v) is 8.95. The van der Waals surface area contributed by atoms with Crippen LogP contribution in [0.5, 0.6) is 0 Å². The summed E-state index contributed by atoms with van der Waals surface area (Å²) in [4.78, 5) is 35.4. The topological polar surface area (TPSA) is 88.1 Å². The van der Waals surface area contributed by atoms with Crippen LogP contribution in [0.1, 0.15) is 26.3 Å². The zero-order valence-electron chi connectivity index (χ0n) is 15.1. The van der Waals surface area contributed by atoms with Crippen LogP contribution in [0.25, 0.3) is 0 Å². The normalized spacial score (nSPS) is 24.8. The van der Waals surface area contributed by atoms with E-state index >= 15 is 0 Å². The van der Waals surface area contributed by atoms with E-state index in [4.69, 9.17) is 18.9 Å². The Labute approximate surface area is 156 Å². The van der Waals surface area contributed by atoms with Crippen LogP contribution in [-0.4, -0.2) is 48.3 Å². The summed E-state index contributed by atoms with van der Waals surface area (Å²) in [6.45, 7) is 5.41. The minimum atomic E-state index is -1.38. The van der Waals surface area contributed by atoms with Crippen molar-refractivity contribution in [2.45, 2.75) is 49.7 Å². The zero-order chi connectivity index (χ0) is 19.3. The van der Waals surface area contributed by atoms with E-state index in [0.717, 1.165) is 10.5 Å². The number of carbonyl (C=O) groups excluding carboxylic acids is 3. The van der Waals surface area contributed by atoms with Crippen LogP contribution in [0.15, 0.2) is 29.2 Å². The van der Waals surface area contributed by atoms with E-state index in [1.807, 2.05) is 31.2 Å². The Kier molecular flexibility index (Phi) is 6.66. The van der Waals surface area contributed by atoms with Crippen molar-refractivity contribution < 1.29 is 33.3 Å². The number of rotatable bonds is 6. The smallest absolute Gasteiger partial charge is 0.303 e. The summed E-state index contributed by atoms with van der Waals surface area (Å²) < 4.78 is 21.7. The van der Waals surface area contributed by atoms with Crippen molar-refractivity contribution >= 4 is 29.7 Å². The van der Waals surface area contributed by atoms with E-state index in [9.17, 15) is 14.4 Å². The molecule has 0 N–H and O–H groups in total. The third-order valence-corrected chi connectivity index (χ3v) is 4.85. The molecule has 7 nitrogen and oxygen atoms in total. The minimum absolute atomic E-state index is 0.0542. The molecule has 1 fully saturated rings. The number of esters is 3. The van der Waals surface area contributed by atoms with Crippen LogP contribution in [-0.2, 0) is 33.3 Å². The fourth-order valence-corrected chi connectivity index (χ4v) is 3.70. The molecule has 1 saturated heterocycles. The average Bonchev–Trinajstić information content (AvgIpc) is 2.85. The summed E-state index contributed by atoms with van der Waals surface area (Å²) in [7, 11) is 0. The van der Waals surface area contributed by atoms with E-state index < -0.39 is 35.0 Å². The van der Waals surface area contributed by atoms with Crippen LogP contribution in [0.3, 0.4) is 0 Å². The molecule has 1 heterocycles. The lowest BCUT2D eigenvalue weighted by atomic mass is 10.0. The summed E-state index contributed by atoms with van der Waals surface area (Å²) in [5.74, 6) is -1.67. The molecule has 0 aromatic heterocycles. The van der Waals surface area contributed by atoms with Crippen LogP contribution in [0, 0.1) is 6.92 Å². The van der Waals surface area contributed by atoms with Crippen molar-refractivity contribution in [3.8, 4) is 0 Å². The third-order valence-electron chi connectivity index (χ3n) is 3.69. The molecule has 3 atom stereocenters. The zero-order valence-corrected chi connectivity index (χ0v) is 16.0. The van der Waals surface area contributed by atoms with Gasteiger partial charge in [-0.1, -0.05) is 29.5 Å². The molecule has 0 unspecified atom stereocenters. The molecule has 0 bridgehead atoms. The van der Waals surface area contributed by atoms with E-state index in [2.05, 4.69) is 0 Å². The van der Waals surface area contributed by atoms with Gasteiger partial charge in [-0.15, -0.1) is 0 Å². The molecule has 1 aliphatic rings. The molecule has 2 rings (SSSR count). The van der Waals surface area contributed by atoms with Crippen LogP contribution in [0.4, 0.5) is 0 Å². The van der Waals surface area contributed by atoms with E-state index in [1.165, 1.54) is 32.5 Å². The number of thioether (sulfide) groups is 1. The molecule has 1 aliphatic heterocycles. The Balaban J connectivity index is 2.27. The van der Waals surface area contributed by atoms with Gasteiger partial charge in [0.2, 0.25) is 5.60 Å². The van der Waals surface area contributed by atoms with Gasteiger partial charge in [-0.2, -0.15) is 0 Å². The highest BCUT2D eigenvalue weighted by Gasteiger charge is 2.56. The lowest BCUT2D eigenvalue weighted by molar-refractivity contribution is -0.188. The Hall–Kier alpha value is -2.06. The maximum absolute atomic E-state index is 11.6. The maximum atomic E-state index is 11.6. The molecule has 0 aliphatic carbocycles. The Morgan fingerprint density at radius 2 is 1.77 bits per heavy atom. The lowest BCUT2D eigenvalue weighted by Gasteiger charge is -2.32. The summed E-state index contributed by atoms with van der Waals surface area (Å²) >= 11 is 1.34. The van der Waals surface area contributed by atoms with Gasteiger partial charge in [0.15, 0.2) is 6.10 Å². The molecule has 1 aromatic rings. The molecule has 26 heavy (non-hydrogen) atoms. The first kappa shape index (κ1) is 20.3. The minimum Gasteiger partial charge on any atom is -0.461 e. The highest BCUT2D eigenvalue weighted by Crippen LogP contribution is 2.40. The van der Waals surface area contributed by atoms with Crippen molar-refractivity contribution in [1.82, 2.24) is 0 Å². The Morgan fingerprint density at radius 1 is 1.12 bits per heavy atom. The first-order chi connectivity index (χ1) is 12.2. The predicted octanol–water partition coefficient (Wildman–Crippen LogP) is 2.24. The summed E-state index contributed by atoms with van der Waals surface area (Å²) in [5, 5.41) is 0. The highest BCUT2D eigenvalue weighted by molar-refractivity contribution is 7.99. The molecule has 142 valence electrons. The van der Waals surface area contributed by atoms with Gasteiger partial charge in [-0.05, 0) is 19.1 Å². The van der Waals surface area contributed by atoms with Gasteiger partial charge < -0.3 is 18.9 Å². The maximum Gasteiger partial charge on any atom is 0.303 e. The fraction of sp³-hybridized carbons (Fsp3) is 0.500. The molecule has 0 spiro atoms. The van der Waals surface area contributed by atoms with Crippen LogP contribution >= 0.6 is 11.8 Å². The van der Waals surface area contributed by atoms with E-state index in [0.29, 0.717) is 0 Å². The van der Waals surface area contributed by atoms with Gasteiger partial charge >= 0.3 is 17.9 Å². The first-order valence-electron chi connectivity index (χ1n) is 8.07. The Morgan fingerprint density at radius 3 is 2.31 bits per heavy atom. The van der Waals surface area contributed by atoms with Gasteiger partial charge in [0, 0.05) is 25.7 Å². The summed E-state index contributed by atoms with van der Waals surface area (Å²) in [6.07, 6.45) is -0.922. The monoisotopic (exact) mass is 382 g/mol. The second-order valence-corrected chi connectivity index (χ2v) is 7.25. The highest BCUT2D eigenvalue weighted by atomic mass is 32.2. The van der Waals surface area contributed by atoms with E-state index in [-0.39, 0.29) is 13.2 Å². The molecule has 0 amide bonds. The number of aryl methyl sites for hydroxylation is 1. The number of hydrogen-bond donors (Lipinski definition) is 0. The Bertz CT molecular complexity index is 673. The molecule has 0 saturated carbocycles. The molecular formula is C18H22O7S. The molecule has 1 aromatic carbocycles. The largest absolute Gasteiger partial charge is 0.461 e. The van der Waals surface area contributed by atoms with Gasteiger partial charge in [-0.25, -0.2) is 0 Å². The summed E-state index contributed by atoms with van der Waals surface area (Å²) in [5.41, 5.74) is -0.884. The quantitative estimate of drug-likeness (QED) is 0.547. The number of benzene rings is 1. The van der Waals surface area contributed by atoms with Crippen molar-refractivity contribution in [2.75, 3.05) is 13.2 Å². The van der Waals surface area contributed by atoms with Gasteiger partial charge in [0.1, 0.15) is 12.0 Å². The van der Waals surface area contributed by atoms with Crippen molar-refractivity contribution in [3.05, 3.63) is 29.8 Å².